The van der Waals surface area contributed by atoms with Crippen LogP contribution in [0.25, 0.3) is 16.6 Å². The van der Waals surface area contributed by atoms with Crippen LogP contribution in [0.15, 0.2) is 41.2 Å². The smallest absolute Gasteiger partial charge is 0.266 e. The van der Waals surface area contributed by atoms with Gasteiger partial charge in [-0.1, -0.05) is 0 Å². The van der Waals surface area contributed by atoms with E-state index in [0.717, 1.165) is 6.07 Å². The fourth-order valence-electron chi connectivity index (χ4n) is 2.58. The summed E-state index contributed by atoms with van der Waals surface area (Å²) in [4.78, 5) is 29.1. The highest BCUT2D eigenvalue weighted by Gasteiger charge is 2.30. The van der Waals surface area contributed by atoms with Gasteiger partial charge in [0.05, 0.1) is 22.2 Å². The van der Waals surface area contributed by atoms with Crippen LogP contribution in [0.1, 0.15) is 16.2 Å². The molecule has 0 saturated heterocycles. The molecule has 2 heterocycles. The maximum atomic E-state index is 13.3. The molecule has 0 bridgehead atoms. The summed E-state index contributed by atoms with van der Waals surface area (Å²) in [6, 6.07) is 8.44. The standard InChI is InChI=1S/C15H8FN3O2/c16-7-1-4-12-10(5-7)13(20)14-18-11-3-2-8(17)6-9(11)15(21)19(12)14/h1-6H,17H2. The summed E-state index contributed by atoms with van der Waals surface area (Å²) in [5, 5.41) is 0.323. The average Bonchev–Trinajstić information content (AvgIpc) is 2.73. The Bertz CT molecular complexity index is 1010. The van der Waals surface area contributed by atoms with Gasteiger partial charge < -0.3 is 5.73 Å². The van der Waals surface area contributed by atoms with Crippen molar-refractivity contribution in [1.29, 1.82) is 0 Å². The number of carbonyl (C=O) groups is 1. The molecule has 0 aliphatic carbocycles. The Morgan fingerprint density at radius 3 is 2.71 bits per heavy atom. The maximum Gasteiger partial charge on any atom is 0.266 e. The Balaban J connectivity index is 2.18. The van der Waals surface area contributed by atoms with Crippen molar-refractivity contribution in [2.75, 3.05) is 5.73 Å². The van der Waals surface area contributed by atoms with Gasteiger partial charge in [0.2, 0.25) is 5.78 Å². The first-order valence-corrected chi connectivity index (χ1v) is 6.23. The first-order chi connectivity index (χ1) is 10.1. The maximum absolute atomic E-state index is 13.3. The lowest BCUT2D eigenvalue weighted by Gasteiger charge is -2.05. The quantitative estimate of drug-likeness (QED) is 0.497. The molecule has 1 aliphatic rings. The van der Waals surface area contributed by atoms with Gasteiger partial charge in [-0.25, -0.2) is 9.37 Å². The normalized spacial score (nSPS) is 12.5. The molecule has 1 aromatic heterocycles. The molecule has 0 radical (unpaired) electrons. The first-order valence-electron chi connectivity index (χ1n) is 6.23. The van der Waals surface area contributed by atoms with Crippen LogP contribution in [-0.2, 0) is 0 Å². The summed E-state index contributed by atoms with van der Waals surface area (Å²) < 4.78 is 14.5. The third-order valence-electron chi connectivity index (χ3n) is 3.54. The van der Waals surface area contributed by atoms with Crippen LogP contribution >= 0.6 is 0 Å². The molecule has 0 saturated carbocycles. The number of ketones is 1. The zero-order valence-corrected chi connectivity index (χ0v) is 10.6. The number of fused-ring (bicyclic) bond motifs is 4. The number of carbonyl (C=O) groups excluding carboxylic acids is 1. The summed E-state index contributed by atoms with van der Waals surface area (Å²) >= 11 is 0. The number of rotatable bonds is 0. The predicted octanol–water partition coefficient (Wildman–Crippen LogP) is 1.65. The molecule has 0 atom stereocenters. The molecule has 2 aromatic carbocycles. The number of nitrogens with two attached hydrogens (primary N) is 1. The highest BCUT2D eigenvalue weighted by Crippen LogP contribution is 2.27. The minimum atomic E-state index is -0.531. The Kier molecular flexibility index (Phi) is 2.11. The molecule has 0 unspecified atom stereocenters. The topological polar surface area (TPSA) is 78.0 Å². The third kappa shape index (κ3) is 1.47. The molecule has 4 rings (SSSR count). The Hall–Kier alpha value is -3.02. The number of nitrogens with zero attached hydrogens (tertiary/aromatic N) is 2. The average molecular weight is 281 g/mol. The Morgan fingerprint density at radius 1 is 1.10 bits per heavy atom. The van der Waals surface area contributed by atoms with Crippen molar-refractivity contribution in [3.05, 3.63) is 64.0 Å². The summed E-state index contributed by atoms with van der Waals surface area (Å²) in [5.41, 5.74) is 6.61. The number of halogens is 1. The molecule has 2 N–H and O–H groups in total. The molecule has 0 spiro atoms. The van der Waals surface area contributed by atoms with Crippen LogP contribution in [-0.4, -0.2) is 15.3 Å². The van der Waals surface area contributed by atoms with Crippen LogP contribution in [0.3, 0.4) is 0 Å². The van der Waals surface area contributed by atoms with Gasteiger partial charge in [-0.05, 0) is 36.4 Å². The third-order valence-corrected chi connectivity index (χ3v) is 3.54. The van der Waals surface area contributed by atoms with Gasteiger partial charge in [-0.15, -0.1) is 0 Å². The van der Waals surface area contributed by atoms with Gasteiger partial charge in [0.15, 0.2) is 5.82 Å². The van der Waals surface area contributed by atoms with E-state index in [1.165, 1.54) is 22.8 Å². The van der Waals surface area contributed by atoms with E-state index < -0.39 is 11.6 Å². The van der Waals surface area contributed by atoms with Gasteiger partial charge in [-0.2, -0.15) is 0 Å². The number of aromatic nitrogens is 2. The Morgan fingerprint density at radius 2 is 1.90 bits per heavy atom. The van der Waals surface area contributed by atoms with Crippen molar-refractivity contribution in [1.82, 2.24) is 9.55 Å². The van der Waals surface area contributed by atoms with Crippen LogP contribution in [0.5, 0.6) is 0 Å². The molecule has 21 heavy (non-hydrogen) atoms. The second kappa shape index (κ2) is 3.76. The van der Waals surface area contributed by atoms with Crippen molar-refractivity contribution in [2.45, 2.75) is 0 Å². The molecule has 0 amide bonds. The van der Waals surface area contributed by atoms with E-state index in [-0.39, 0.29) is 16.9 Å². The van der Waals surface area contributed by atoms with Gasteiger partial charge in [-0.3, -0.25) is 14.2 Å². The van der Waals surface area contributed by atoms with Crippen molar-refractivity contribution >= 4 is 22.4 Å². The van der Waals surface area contributed by atoms with Crippen molar-refractivity contribution < 1.29 is 9.18 Å². The Labute approximate surface area is 117 Å². The molecular formula is C15H8FN3O2. The molecule has 5 nitrogen and oxygen atoms in total. The van der Waals surface area contributed by atoms with E-state index in [4.69, 9.17) is 5.73 Å². The lowest BCUT2D eigenvalue weighted by Crippen LogP contribution is -2.21. The highest BCUT2D eigenvalue weighted by molar-refractivity contribution is 6.13. The van der Waals surface area contributed by atoms with Crippen LogP contribution in [0.2, 0.25) is 0 Å². The largest absolute Gasteiger partial charge is 0.399 e. The van der Waals surface area contributed by atoms with Crippen LogP contribution < -0.4 is 11.3 Å². The summed E-state index contributed by atoms with van der Waals surface area (Å²) in [5.74, 6) is -0.991. The van der Waals surface area contributed by atoms with Crippen LogP contribution in [0, 0.1) is 5.82 Å². The summed E-state index contributed by atoms with van der Waals surface area (Å²) in [6.45, 7) is 0. The van der Waals surface area contributed by atoms with E-state index in [1.807, 2.05) is 0 Å². The van der Waals surface area contributed by atoms with E-state index in [1.54, 1.807) is 12.1 Å². The number of anilines is 1. The zero-order chi connectivity index (χ0) is 14.7. The molecule has 0 fully saturated rings. The van der Waals surface area contributed by atoms with Crippen molar-refractivity contribution in [3.8, 4) is 5.69 Å². The minimum Gasteiger partial charge on any atom is -0.399 e. The number of benzene rings is 2. The van der Waals surface area contributed by atoms with E-state index in [2.05, 4.69) is 4.98 Å². The van der Waals surface area contributed by atoms with E-state index >= 15 is 0 Å². The van der Waals surface area contributed by atoms with Crippen molar-refractivity contribution in [2.24, 2.45) is 0 Å². The fourth-order valence-corrected chi connectivity index (χ4v) is 2.58. The fraction of sp³-hybridized carbons (Fsp3) is 0. The van der Waals surface area contributed by atoms with Gasteiger partial charge in [0.1, 0.15) is 5.82 Å². The summed E-state index contributed by atoms with van der Waals surface area (Å²) in [6.07, 6.45) is 0. The number of nitrogen functional groups attached to an aromatic ring is 1. The molecular weight excluding hydrogens is 273 g/mol. The molecule has 6 heteroatoms. The monoisotopic (exact) mass is 281 g/mol. The SMILES string of the molecule is Nc1ccc2nc3n(c(=O)c2c1)-c1ccc(F)cc1C3=O. The van der Waals surface area contributed by atoms with Crippen molar-refractivity contribution in [3.63, 3.8) is 0 Å². The molecule has 3 aromatic rings. The van der Waals surface area contributed by atoms with E-state index in [9.17, 15) is 14.0 Å². The lowest BCUT2D eigenvalue weighted by molar-refractivity contribution is 0.103. The van der Waals surface area contributed by atoms with Gasteiger partial charge in [0, 0.05) is 5.69 Å². The highest BCUT2D eigenvalue weighted by atomic mass is 19.1. The van der Waals surface area contributed by atoms with E-state index in [0.29, 0.717) is 22.3 Å². The first kappa shape index (κ1) is 11.8. The second-order valence-corrected chi connectivity index (χ2v) is 4.84. The zero-order valence-electron chi connectivity index (χ0n) is 10.6. The van der Waals surface area contributed by atoms with Gasteiger partial charge in [0.25, 0.3) is 5.56 Å². The molecule has 102 valence electrons. The number of hydrogen-bond donors (Lipinski definition) is 1. The molecule has 1 aliphatic heterocycles. The number of hydrogen-bond acceptors (Lipinski definition) is 4. The minimum absolute atomic E-state index is 0.00197. The van der Waals surface area contributed by atoms with Crippen LogP contribution in [0.4, 0.5) is 10.1 Å². The predicted molar refractivity (Wildman–Crippen MR) is 75.1 cm³/mol. The lowest BCUT2D eigenvalue weighted by atomic mass is 10.1. The second-order valence-electron chi connectivity index (χ2n) is 4.84. The van der Waals surface area contributed by atoms with Gasteiger partial charge >= 0.3 is 0 Å². The summed E-state index contributed by atoms with van der Waals surface area (Å²) in [7, 11) is 0.